The number of piperidine rings is 1. The zero-order valence-electron chi connectivity index (χ0n) is 19.7. The molecule has 2 aromatic carbocycles. The van der Waals surface area contributed by atoms with Gasteiger partial charge in [0.2, 0.25) is 0 Å². The first kappa shape index (κ1) is 24.4. The van der Waals surface area contributed by atoms with E-state index in [1.165, 1.54) is 23.0 Å². The van der Waals surface area contributed by atoms with E-state index in [1.54, 1.807) is 0 Å². The van der Waals surface area contributed by atoms with Crippen LogP contribution in [0.1, 0.15) is 53.2 Å². The lowest BCUT2D eigenvalue weighted by Crippen LogP contribution is -2.32. The van der Waals surface area contributed by atoms with Crippen molar-refractivity contribution in [3.63, 3.8) is 0 Å². The van der Waals surface area contributed by atoms with Crippen LogP contribution >= 0.6 is 34.5 Å². The molecule has 190 valence electrons. The van der Waals surface area contributed by atoms with Crippen LogP contribution in [-0.4, -0.2) is 38.9 Å². The highest BCUT2D eigenvalue weighted by atomic mass is 35.5. The van der Waals surface area contributed by atoms with Crippen LogP contribution in [-0.2, 0) is 0 Å². The van der Waals surface area contributed by atoms with Crippen LogP contribution in [0.2, 0.25) is 10.0 Å². The maximum Gasteiger partial charge on any atom is 0.335 e. The standard InChI is InChI=1S/C27H23Cl2FN4O2S/c28-19-2-1-3-20(29)25(19)34-22(18(14-31-34)16-5-6-16)7-4-15-8-10-33(11-9-15)27-32-24-21(30)12-17(26(35)36)13-23(24)37-27/h1-4,7,12-16H,5-6,8-11H2,(H,35,36)/b7-4+. The second kappa shape index (κ2) is 9.74. The summed E-state index contributed by atoms with van der Waals surface area (Å²) in [6.45, 7) is 1.57. The topological polar surface area (TPSA) is 71.2 Å². The van der Waals surface area contributed by atoms with Crippen LogP contribution in [0.3, 0.4) is 0 Å². The van der Waals surface area contributed by atoms with E-state index >= 15 is 0 Å². The molecular weight excluding hydrogens is 534 g/mol. The molecule has 4 aromatic rings. The molecule has 1 saturated carbocycles. The largest absolute Gasteiger partial charge is 0.478 e. The molecule has 2 aromatic heterocycles. The van der Waals surface area contributed by atoms with E-state index in [1.807, 2.05) is 29.1 Å². The minimum absolute atomic E-state index is 0.0630. The number of rotatable bonds is 6. The third kappa shape index (κ3) is 4.74. The van der Waals surface area contributed by atoms with Crippen molar-refractivity contribution < 1.29 is 14.3 Å². The van der Waals surface area contributed by atoms with E-state index < -0.39 is 11.8 Å². The molecule has 6 rings (SSSR count). The number of benzene rings is 2. The van der Waals surface area contributed by atoms with Crippen molar-refractivity contribution in [1.29, 1.82) is 0 Å². The van der Waals surface area contributed by atoms with Crippen LogP contribution < -0.4 is 4.90 Å². The zero-order valence-corrected chi connectivity index (χ0v) is 22.0. The Balaban J connectivity index is 1.20. The quantitative estimate of drug-likeness (QED) is 0.267. The average Bonchev–Trinajstić information content (AvgIpc) is 3.49. The molecule has 0 atom stereocenters. The minimum atomic E-state index is -1.15. The van der Waals surface area contributed by atoms with Crippen molar-refractivity contribution in [1.82, 2.24) is 14.8 Å². The normalized spacial score (nSPS) is 16.8. The Bertz CT molecular complexity index is 1520. The third-order valence-electron chi connectivity index (χ3n) is 7.02. The Kier molecular flexibility index (Phi) is 6.42. The van der Waals surface area contributed by atoms with Crippen molar-refractivity contribution in [3.8, 4) is 5.69 Å². The highest BCUT2D eigenvalue weighted by Crippen LogP contribution is 2.43. The lowest BCUT2D eigenvalue weighted by atomic mass is 9.96. The van der Waals surface area contributed by atoms with Gasteiger partial charge in [-0.2, -0.15) is 5.10 Å². The minimum Gasteiger partial charge on any atom is -0.478 e. The number of aromatic carboxylic acids is 1. The van der Waals surface area contributed by atoms with Gasteiger partial charge >= 0.3 is 5.97 Å². The van der Waals surface area contributed by atoms with Gasteiger partial charge in [-0.25, -0.2) is 18.9 Å². The summed E-state index contributed by atoms with van der Waals surface area (Å²) in [6, 6.07) is 7.99. The molecule has 3 heterocycles. The van der Waals surface area contributed by atoms with Gasteiger partial charge in [0.15, 0.2) is 10.9 Å². The molecule has 0 radical (unpaired) electrons. The molecule has 1 aliphatic carbocycles. The number of fused-ring (bicyclic) bond motifs is 1. The fourth-order valence-corrected chi connectivity index (χ4v) is 6.49. The van der Waals surface area contributed by atoms with Crippen molar-refractivity contribution in [2.45, 2.75) is 31.6 Å². The van der Waals surface area contributed by atoms with Gasteiger partial charge in [0.1, 0.15) is 11.2 Å². The second-order valence-electron chi connectivity index (χ2n) is 9.53. The van der Waals surface area contributed by atoms with E-state index in [-0.39, 0.29) is 11.1 Å². The number of thiazole rings is 1. The second-order valence-corrected chi connectivity index (χ2v) is 11.4. The summed E-state index contributed by atoms with van der Waals surface area (Å²) in [7, 11) is 0. The van der Waals surface area contributed by atoms with E-state index in [9.17, 15) is 14.3 Å². The Labute approximate surface area is 226 Å². The predicted octanol–water partition coefficient (Wildman–Crippen LogP) is 7.43. The van der Waals surface area contributed by atoms with Crippen LogP contribution in [0.15, 0.2) is 42.6 Å². The summed E-state index contributed by atoms with van der Waals surface area (Å²) >= 11 is 14.3. The fourth-order valence-electron chi connectivity index (χ4n) is 4.86. The number of allylic oxidation sites excluding steroid dienone is 1. The van der Waals surface area contributed by atoms with Gasteiger partial charge in [-0.3, -0.25) is 0 Å². The molecule has 2 aliphatic rings. The molecule has 37 heavy (non-hydrogen) atoms. The number of carbonyl (C=O) groups is 1. The summed E-state index contributed by atoms with van der Waals surface area (Å²) < 4.78 is 16.8. The molecule has 1 N–H and O–H groups in total. The fraction of sp³-hybridized carbons (Fsp3) is 0.296. The summed E-state index contributed by atoms with van der Waals surface area (Å²) in [5.41, 5.74) is 3.11. The van der Waals surface area contributed by atoms with E-state index in [0.29, 0.717) is 32.3 Å². The van der Waals surface area contributed by atoms with Gasteiger partial charge < -0.3 is 10.0 Å². The van der Waals surface area contributed by atoms with Gasteiger partial charge in [-0.15, -0.1) is 0 Å². The predicted molar refractivity (Wildman–Crippen MR) is 146 cm³/mol. The number of carboxylic acids is 1. The first-order valence-electron chi connectivity index (χ1n) is 12.2. The van der Waals surface area contributed by atoms with E-state index in [0.717, 1.165) is 55.7 Å². The maximum absolute atomic E-state index is 14.4. The number of halogens is 3. The number of carboxylic acid groups (broad SMARTS) is 1. The molecule has 10 heteroatoms. The summed E-state index contributed by atoms with van der Waals surface area (Å²) in [5, 5.41) is 15.7. The zero-order chi connectivity index (χ0) is 25.7. The SMILES string of the molecule is O=C(O)c1cc(F)c2nc(N3CCC(/C=C/c4c(C5CC5)cnn4-c4c(Cl)cccc4Cl)CC3)sc2c1. The van der Waals surface area contributed by atoms with E-state index in [4.69, 9.17) is 23.2 Å². The van der Waals surface area contributed by atoms with Gasteiger partial charge in [0.25, 0.3) is 0 Å². The number of hydrogen-bond donors (Lipinski definition) is 1. The van der Waals surface area contributed by atoms with Crippen molar-refractivity contribution in [2.24, 2.45) is 5.92 Å². The Morgan fingerprint density at radius 2 is 1.86 bits per heavy atom. The van der Waals surface area contributed by atoms with Gasteiger partial charge in [0, 0.05) is 18.7 Å². The molecule has 0 unspecified atom stereocenters. The molecule has 6 nitrogen and oxygen atoms in total. The molecular formula is C27H23Cl2FN4O2S. The Morgan fingerprint density at radius 3 is 2.54 bits per heavy atom. The first-order chi connectivity index (χ1) is 17.9. The lowest BCUT2D eigenvalue weighted by molar-refractivity contribution is 0.0696. The number of aromatic nitrogens is 3. The number of nitrogens with zero attached hydrogens (tertiary/aromatic N) is 4. The monoisotopic (exact) mass is 556 g/mol. The van der Waals surface area contributed by atoms with Gasteiger partial charge in [0.05, 0.1) is 32.2 Å². The number of para-hydroxylation sites is 1. The van der Waals surface area contributed by atoms with Crippen LogP contribution in [0.4, 0.5) is 9.52 Å². The van der Waals surface area contributed by atoms with Gasteiger partial charge in [-0.05, 0) is 67.9 Å². The smallest absolute Gasteiger partial charge is 0.335 e. The molecule has 0 spiro atoms. The van der Waals surface area contributed by atoms with Crippen LogP contribution in [0, 0.1) is 11.7 Å². The van der Waals surface area contributed by atoms with Crippen molar-refractivity contribution >= 4 is 61.9 Å². The van der Waals surface area contributed by atoms with Crippen molar-refractivity contribution in [3.05, 3.63) is 75.3 Å². The molecule has 1 saturated heterocycles. The van der Waals surface area contributed by atoms with Gasteiger partial charge in [-0.1, -0.05) is 46.7 Å². The highest BCUT2D eigenvalue weighted by Gasteiger charge is 2.29. The third-order valence-corrected chi connectivity index (χ3v) is 8.70. The van der Waals surface area contributed by atoms with E-state index in [2.05, 4.69) is 27.1 Å². The lowest BCUT2D eigenvalue weighted by Gasteiger charge is -2.30. The molecule has 2 fully saturated rings. The summed E-state index contributed by atoms with van der Waals surface area (Å²) in [5.74, 6) is -0.848. The molecule has 0 amide bonds. The summed E-state index contributed by atoms with van der Waals surface area (Å²) in [6.07, 6.45) is 10.5. The number of anilines is 1. The number of hydrogen-bond acceptors (Lipinski definition) is 5. The summed E-state index contributed by atoms with van der Waals surface area (Å²) in [4.78, 5) is 17.9. The Morgan fingerprint density at radius 1 is 1.14 bits per heavy atom. The maximum atomic E-state index is 14.4. The van der Waals surface area contributed by atoms with Crippen LogP contribution in [0.5, 0.6) is 0 Å². The average molecular weight is 557 g/mol. The highest BCUT2D eigenvalue weighted by molar-refractivity contribution is 7.22. The van der Waals surface area contributed by atoms with Crippen LogP contribution in [0.25, 0.3) is 22.0 Å². The van der Waals surface area contributed by atoms with Crippen molar-refractivity contribution in [2.75, 3.05) is 18.0 Å². The molecule has 0 bridgehead atoms. The Hall–Kier alpha value is -2.94. The molecule has 1 aliphatic heterocycles. The first-order valence-corrected chi connectivity index (χ1v) is 13.7.